The summed E-state index contributed by atoms with van der Waals surface area (Å²) in [4.78, 5) is 30.6. The van der Waals surface area contributed by atoms with Crippen LogP contribution in [0.2, 0.25) is 0 Å². The highest BCUT2D eigenvalue weighted by molar-refractivity contribution is 6.26. The van der Waals surface area contributed by atoms with E-state index in [4.69, 9.17) is 0 Å². The lowest BCUT2D eigenvalue weighted by Gasteiger charge is -2.36. The van der Waals surface area contributed by atoms with Crippen LogP contribution in [0.5, 0.6) is 0 Å². The standard InChI is InChI=1S/C27H42N2O3/c1-26(2,3)17-16-23(19-8-10-20(11-9-19)25(31)32)29(7)24(30)18-28-22-14-12-21(13-15-22)27(4,5)6/h8-11,18,21-23H,12-17H2,1-7H3,(H,31,32). The van der Waals surface area contributed by atoms with Crippen molar-refractivity contribution in [1.82, 2.24) is 4.90 Å². The van der Waals surface area contributed by atoms with E-state index in [0.717, 1.165) is 37.2 Å². The Morgan fingerprint density at radius 1 is 1.06 bits per heavy atom. The van der Waals surface area contributed by atoms with Gasteiger partial charge in [-0.3, -0.25) is 9.79 Å². The minimum Gasteiger partial charge on any atom is -0.478 e. The Morgan fingerprint density at radius 2 is 1.62 bits per heavy atom. The minimum atomic E-state index is -0.944. The highest BCUT2D eigenvalue weighted by Gasteiger charge is 2.29. The molecular weight excluding hydrogens is 400 g/mol. The van der Waals surface area contributed by atoms with Gasteiger partial charge in [-0.05, 0) is 73.0 Å². The molecule has 1 fully saturated rings. The second kappa shape index (κ2) is 10.6. The Kier molecular flexibility index (Phi) is 8.67. The van der Waals surface area contributed by atoms with Crippen LogP contribution in [-0.2, 0) is 4.79 Å². The highest BCUT2D eigenvalue weighted by Crippen LogP contribution is 2.38. The van der Waals surface area contributed by atoms with Gasteiger partial charge in [0, 0.05) is 7.05 Å². The summed E-state index contributed by atoms with van der Waals surface area (Å²) < 4.78 is 0. The van der Waals surface area contributed by atoms with Crippen LogP contribution < -0.4 is 0 Å². The van der Waals surface area contributed by atoms with E-state index in [9.17, 15) is 14.7 Å². The third-order valence-corrected chi connectivity index (χ3v) is 6.84. The first-order valence-electron chi connectivity index (χ1n) is 11.9. The highest BCUT2D eigenvalue weighted by atomic mass is 16.4. The van der Waals surface area contributed by atoms with Crippen LogP contribution in [0.3, 0.4) is 0 Å². The molecule has 0 saturated heterocycles. The van der Waals surface area contributed by atoms with Gasteiger partial charge in [0.2, 0.25) is 0 Å². The number of carboxylic acids is 1. The van der Waals surface area contributed by atoms with E-state index in [1.807, 2.05) is 19.2 Å². The van der Waals surface area contributed by atoms with Crippen molar-refractivity contribution in [2.45, 2.75) is 92.2 Å². The van der Waals surface area contributed by atoms with E-state index in [-0.39, 0.29) is 29.0 Å². The molecule has 32 heavy (non-hydrogen) atoms. The normalized spacial score (nSPS) is 20.8. The lowest BCUT2D eigenvalue weighted by Crippen LogP contribution is -2.33. The van der Waals surface area contributed by atoms with Crippen molar-refractivity contribution in [2.24, 2.45) is 21.7 Å². The zero-order chi connectivity index (χ0) is 24.1. The van der Waals surface area contributed by atoms with Crippen molar-refractivity contribution in [1.29, 1.82) is 0 Å². The van der Waals surface area contributed by atoms with Crippen molar-refractivity contribution in [2.75, 3.05) is 7.05 Å². The Hall–Kier alpha value is -2.17. The maximum atomic E-state index is 13.0. The van der Waals surface area contributed by atoms with Crippen molar-refractivity contribution in [3.05, 3.63) is 35.4 Å². The number of aromatic carboxylic acids is 1. The van der Waals surface area contributed by atoms with Gasteiger partial charge < -0.3 is 10.0 Å². The van der Waals surface area contributed by atoms with Crippen LogP contribution in [0.1, 0.15) is 102 Å². The predicted molar refractivity (Wildman–Crippen MR) is 131 cm³/mol. The van der Waals surface area contributed by atoms with E-state index in [1.165, 1.54) is 19.1 Å². The number of carbonyl (C=O) groups excluding carboxylic acids is 1. The van der Waals surface area contributed by atoms with E-state index >= 15 is 0 Å². The van der Waals surface area contributed by atoms with Crippen LogP contribution in [-0.4, -0.2) is 41.2 Å². The minimum absolute atomic E-state index is 0.0934. The third kappa shape index (κ3) is 7.75. The molecular formula is C27H42N2O3. The first kappa shape index (κ1) is 26.1. The second-order valence-corrected chi connectivity index (χ2v) is 11.6. The molecule has 178 valence electrons. The molecule has 0 spiro atoms. The summed E-state index contributed by atoms with van der Waals surface area (Å²) in [6.45, 7) is 13.5. The zero-order valence-corrected chi connectivity index (χ0v) is 21.0. The van der Waals surface area contributed by atoms with Gasteiger partial charge in [0.25, 0.3) is 5.91 Å². The van der Waals surface area contributed by atoms with Crippen LogP contribution in [0.25, 0.3) is 0 Å². The molecule has 0 heterocycles. The largest absolute Gasteiger partial charge is 0.478 e. The lowest BCUT2D eigenvalue weighted by atomic mass is 9.71. The summed E-state index contributed by atoms with van der Waals surface area (Å²) in [6, 6.07) is 6.99. The molecule has 1 aromatic carbocycles. The van der Waals surface area contributed by atoms with Gasteiger partial charge in [0.1, 0.15) is 0 Å². The van der Waals surface area contributed by atoms with Crippen molar-refractivity contribution in [3.8, 4) is 0 Å². The third-order valence-electron chi connectivity index (χ3n) is 6.84. The smallest absolute Gasteiger partial charge is 0.335 e. The molecule has 1 unspecified atom stereocenters. The molecule has 0 radical (unpaired) electrons. The van der Waals surface area contributed by atoms with Crippen LogP contribution in [0.4, 0.5) is 0 Å². The van der Waals surface area contributed by atoms with Crippen molar-refractivity contribution >= 4 is 18.1 Å². The monoisotopic (exact) mass is 442 g/mol. The molecule has 2 rings (SSSR count). The quantitative estimate of drug-likeness (QED) is 0.498. The first-order chi connectivity index (χ1) is 14.8. The lowest BCUT2D eigenvalue weighted by molar-refractivity contribution is -0.124. The summed E-state index contributed by atoms with van der Waals surface area (Å²) in [5, 5.41) is 9.19. The second-order valence-electron chi connectivity index (χ2n) is 11.6. The van der Waals surface area contributed by atoms with Crippen LogP contribution in [0.15, 0.2) is 29.3 Å². The van der Waals surface area contributed by atoms with E-state index in [1.54, 1.807) is 17.0 Å². The van der Waals surface area contributed by atoms with E-state index < -0.39 is 5.97 Å². The maximum absolute atomic E-state index is 13.0. The Labute approximate surface area is 194 Å². The van der Waals surface area contributed by atoms with Crippen molar-refractivity contribution < 1.29 is 14.7 Å². The molecule has 1 N–H and O–H groups in total. The summed E-state index contributed by atoms with van der Waals surface area (Å²) in [7, 11) is 1.82. The summed E-state index contributed by atoms with van der Waals surface area (Å²) in [6.07, 6.45) is 7.68. The summed E-state index contributed by atoms with van der Waals surface area (Å²) >= 11 is 0. The predicted octanol–water partition coefficient (Wildman–Crippen LogP) is 6.39. The number of amides is 1. The van der Waals surface area contributed by atoms with Gasteiger partial charge >= 0.3 is 5.97 Å². The Balaban J connectivity index is 2.09. The number of rotatable bonds is 7. The molecule has 1 aromatic rings. The van der Waals surface area contributed by atoms with Gasteiger partial charge in [0.05, 0.1) is 23.9 Å². The van der Waals surface area contributed by atoms with E-state index in [2.05, 4.69) is 46.5 Å². The van der Waals surface area contributed by atoms with Gasteiger partial charge in [-0.25, -0.2) is 4.79 Å². The molecule has 1 aliphatic rings. The molecule has 1 atom stereocenters. The Bertz CT molecular complexity index is 792. The van der Waals surface area contributed by atoms with Gasteiger partial charge in [-0.15, -0.1) is 0 Å². The molecule has 1 saturated carbocycles. The summed E-state index contributed by atoms with van der Waals surface area (Å²) in [5.74, 6) is -0.312. The number of hydrogen-bond acceptors (Lipinski definition) is 3. The molecule has 5 heteroatoms. The van der Waals surface area contributed by atoms with Gasteiger partial charge in [-0.2, -0.15) is 0 Å². The van der Waals surface area contributed by atoms with Crippen LogP contribution in [0, 0.1) is 16.7 Å². The molecule has 0 aromatic heterocycles. The molecule has 0 aliphatic heterocycles. The first-order valence-corrected chi connectivity index (χ1v) is 11.9. The number of nitrogens with zero attached hydrogens (tertiary/aromatic N) is 2. The summed E-state index contributed by atoms with van der Waals surface area (Å²) in [5.41, 5.74) is 1.68. The number of aliphatic imine (C=N–C) groups is 1. The molecule has 1 amide bonds. The van der Waals surface area contributed by atoms with Crippen molar-refractivity contribution in [3.63, 3.8) is 0 Å². The fourth-order valence-corrected chi connectivity index (χ4v) is 4.51. The molecule has 1 aliphatic carbocycles. The zero-order valence-electron chi connectivity index (χ0n) is 21.0. The fourth-order valence-electron chi connectivity index (χ4n) is 4.51. The molecule has 5 nitrogen and oxygen atoms in total. The van der Waals surface area contributed by atoms with E-state index in [0.29, 0.717) is 5.41 Å². The average Bonchev–Trinajstić information content (AvgIpc) is 2.71. The number of benzene rings is 1. The van der Waals surface area contributed by atoms with Gasteiger partial charge in [-0.1, -0.05) is 53.7 Å². The number of hydrogen-bond donors (Lipinski definition) is 1. The van der Waals surface area contributed by atoms with Gasteiger partial charge in [0.15, 0.2) is 0 Å². The maximum Gasteiger partial charge on any atom is 0.335 e. The molecule has 0 bridgehead atoms. The fraction of sp³-hybridized carbons (Fsp3) is 0.667. The van der Waals surface area contributed by atoms with Crippen LogP contribution >= 0.6 is 0 Å². The number of carboxylic acid groups (broad SMARTS) is 1. The topological polar surface area (TPSA) is 70.0 Å². The SMILES string of the molecule is CN(C(=O)C=NC1CCC(C(C)(C)C)CC1)C(CCC(C)(C)C)c1ccc(C(=O)O)cc1. The average molecular weight is 443 g/mol. The Morgan fingerprint density at radius 3 is 2.09 bits per heavy atom. The number of carbonyl (C=O) groups is 2.